The van der Waals surface area contributed by atoms with E-state index in [0.717, 1.165) is 4.90 Å². The molecule has 5 N–H and O–H groups in total. The Morgan fingerprint density at radius 1 is 1.24 bits per heavy atom. The molecule has 2 fully saturated rings. The average molecular weight is 348 g/mol. The zero-order valence-corrected chi connectivity index (χ0v) is 13.6. The summed E-state index contributed by atoms with van der Waals surface area (Å²) in [5.74, 6) is -0.920. The molecule has 0 bridgehead atoms. The molecular weight excluding hydrogens is 328 g/mol. The van der Waals surface area contributed by atoms with E-state index in [-0.39, 0.29) is 25.5 Å². The van der Waals surface area contributed by atoms with Gasteiger partial charge in [0.1, 0.15) is 6.61 Å². The van der Waals surface area contributed by atoms with Crippen molar-refractivity contribution in [2.75, 3.05) is 31.2 Å². The van der Waals surface area contributed by atoms with Crippen molar-refractivity contribution >= 4 is 23.5 Å². The summed E-state index contributed by atoms with van der Waals surface area (Å²) in [5.41, 5.74) is 10.6. The Balaban J connectivity index is 1.97. The van der Waals surface area contributed by atoms with Crippen LogP contribution in [0.2, 0.25) is 0 Å². The highest BCUT2D eigenvalue weighted by atomic mass is 16.5. The summed E-state index contributed by atoms with van der Waals surface area (Å²) < 4.78 is 5.10. The monoisotopic (exact) mass is 348 g/mol. The molecule has 2 heterocycles. The fraction of sp³-hybridized carbons (Fsp3) is 0.438. The van der Waals surface area contributed by atoms with Crippen molar-refractivity contribution in [3.8, 4) is 0 Å². The van der Waals surface area contributed by atoms with Crippen molar-refractivity contribution in [2.45, 2.75) is 18.1 Å². The van der Waals surface area contributed by atoms with Gasteiger partial charge in [0.2, 0.25) is 5.91 Å². The molecule has 25 heavy (non-hydrogen) atoms. The average Bonchev–Trinajstić information content (AvgIpc) is 2.94. The van der Waals surface area contributed by atoms with E-state index < -0.39 is 23.6 Å². The Hall–Kier alpha value is -2.65. The van der Waals surface area contributed by atoms with E-state index in [0.29, 0.717) is 24.4 Å². The Labute approximate surface area is 144 Å². The van der Waals surface area contributed by atoms with Gasteiger partial charge in [-0.25, -0.2) is 4.79 Å². The Bertz CT molecular complexity index is 707. The van der Waals surface area contributed by atoms with Gasteiger partial charge in [-0.3, -0.25) is 9.59 Å². The summed E-state index contributed by atoms with van der Waals surface area (Å²) in [4.78, 5) is 38.6. The fourth-order valence-electron chi connectivity index (χ4n) is 3.52. The van der Waals surface area contributed by atoms with Crippen LogP contribution in [0.5, 0.6) is 0 Å². The number of aliphatic hydroxyl groups excluding tert-OH is 1. The molecule has 0 aromatic heterocycles. The minimum atomic E-state index is -1.50. The number of benzene rings is 1. The maximum Gasteiger partial charge on any atom is 0.316 e. The van der Waals surface area contributed by atoms with E-state index in [9.17, 15) is 19.5 Å². The molecule has 2 aliphatic heterocycles. The lowest BCUT2D eigenvalue weighted by Crippen LogP contribution is -2.55. The maximum atomic E-state index is 12.2. The number of nitrogens with zero attached hydrogens (tertiary/aromatic N) is 2. The third-order valence-corrected chi connectivity index (χ3v) is 4.70. The van der Waals surface area contributed by atoms with Gasteiger partial charge in [-0.15, -0.1) is 0 Å². The number of carbonyl (C=O) groups excluding carboxylic acids is 3. The highest BCUT2D eigenvalue weighted by Crippen LogP contribution is 2.39. The first-order valence-corrected chi connectivity index (χ1v) is 7.90. The van der Waals surface area contributed by atoms with Crippen LogP contribution in [-0.2, 0) is 19.9 Å². The number of morpholine rings is 1. The molecule has 3 rings (SSSR count). The van der Waals surface area contributed by atoms with Gasteiger partial charge in [-0.2, -0.15) is 0 Å². The summed E-state index contributed by atoms with van der Waals surface area (Å²) in [6.07, 6.45) is -0.929. The molecule has 1 aromatic rings. The van der Waals surface area contributed by atoms with Crippen molar-refractivity contribution in [2.24, 2.45) is 11.5 Å². The van der Waals surface area contributed by atoms with Gasteiger partial charge in [0.25, 0.3) is 5.91 Å². The highest BCUT2D eigenvalue weighted by molar-refractivity contribution is 5.95. The van der Waals surface area contributed by atoms with Gasteiger partial charge >= 0.3 is 6.03 Å². The summed E-state index contributed by atoms with van der Waals surface area (Å²) >= 11 is 0. The minimum Gasteiger partial charge on any atom is -0.391 e. The number of amides is 4. The first kappa shape index (κ1) is 17.2. The van der Waals surface area contributed by atoms with Crippen molar-refractivity contribution in [1.82, 2.24) is 4.90 Å². The third kappa shape index (κ3) is 2.81. The number of rotatable bonds is 3. The summed E-state index contributed by atoms with van der Waals surface area (Å²) in [6.45, 7) is 0.836. The Kier molecular flexibility index (Phi) is 4.36. The first-order chi connectivity index (χ1) is 11.9. The van der Waals surface area contributed by atoms with E-state index in [1.54, 1.807) is 29.2 Å². The molecule has 0 saturated carbocycles. The van der Waals surface area contributed by atoms with Crippen molar-refractivity contribution in [3.63, 3.8) is 0 Å². The number of urea groups is 1. The molecule has 2 atom stereocenters. The van der Waals surface area contributed by atoms with E-state index >= 15 is 0 Å². The van der Waals surface area contributed by atoms with Crippen LogP contribution < -0.4 is 16.4 Å². The van der Waals surface area contributed by atoms with Crippen LogP contribution in [0.1, 0.15) is 12.0 Å². The van der Waals surface area contributed by atoms with Crippen molar-refractivity contribution < 1.29 is 24.2 Å². The lowest BCUT2D eigenvalue weighted by Gasteiger charge is -2.35. The van der Waals surface area contributed by atoms with Crippen LogP contribution in [0.4, 0.5) is 10.5 Å². The summed E-state index contributed by atoms with van der Waals surface area (Å²) in [5, 5.41) is 9.96. The molecule has 4 amide bonds. The van der Waals surface area contributed by atoms with Gasteiger partial charge in [-0.05, 0) is 17.7 Å². The zero-order valence-electron chi connectivity index (χ0n) is 13.6. The maximum absolute atomic E-state index is 12.2. The van der Waals surface area contributed by atoms with Crippen molar-refractivity contribution in [3.05, 3.63) is 29.8 Å². The van der Waals surface area contributed by atoms with Crippen LogP contribution in [0.15, 0.2) is 24.3 Å². The van der Waals surface area contributed by atoms with Gasteiger partial charge in [0.05, 0.1) is 12.7 Å². The lowest BCUT2D eigenvalue weighted by atomic mass is 9.85. The molecule has 0 spiro atoms. The predicted molar refractivity (Wildman–Crippen MR) is 87.4 cm³/mol. The van der Waals surface area contributed by atoms with Crippen molar-refractivity contribution in [1.29, 1.82) is 0 Å². The number of carbonyl (C=O) groups is 3. The number of β-amino-alcohol motifs (C(OH)–C–C–N with tert-alkyl or cyclic N) is 1. The molecular formula is C16H20N4O5. The Morgan fingerprint density at radius 2 is 1.92 bits per heavy atom. The standard InChI is InChI=1S/C16H20N4O5/c17-14(23)16(7-12(21)8-20(16)15(18)24)10-1-3-11(4-2-10)19-5-6-25-9-13(19)22/h1-4,12,21H,5-9H2,(H2,17,23)(H2,18,24)/t12-,16+/m1/s1. The quantitative estimate of drug-likeness (QED) is 0.634. The van der Waals surface area contributed by atoms with E-state index in [1.807, 2.05) is 0 Å². The molecule has 0 radical (unpaired) electrons. The highest BCUT2D eigenvalue weighted by Gasteiger charge is 2.53. The van der Waals surface area contributed by atoms with Gasteiger partial charge in [-0.1, -0.05) is 12.1 Å². The molecule has 9 nitrogen and oxygen atoms in total. The SMILES string of the molecule is NC(=O)N1C[C@H](O)C[C@@]1(C(N)=O)c1ccc(N2CCOCC2=O)cc1. The molecule has 1 aromatic carbocycles. The zero-order chi connectivity index (χ0) is 18.2. The second-order valence-corrected chi connectivity index (χ2v) is 6.18. The second kappa shape index (κ2) is 6.34. The van der Waals surface area contributed by atoms with E-state index in [2.05, 4.69) is 0 Å². The molecule has 2 saturated heterocycles. The molecule has 0 unspecified atom stereocenters. The minimum absolute atomic E-state index is 0.0224. The Morgan fingerprint density at radius 3 is 2.48 bits per heavy atom. The number of likely N-dealkylation sites (tertiary alicyclic amines) is 1. The number of primary amides is 2. The smallest absolute Gasteiger partial charge is 0.316 e. The molecule has 2 aliphatic rings. The van der Waals surface area contributed by atoms with Gasteiger partial charge < -0.3 is 31.1 Å². The first-order valence-electron chi connectivity index (χ1n) is 7.90. The fourth-order valence-corrected chi connectivity index (χ4v) is 3.52. The number of aliphatic hydroxyl groups is 1. The number of nitrogens with two attached hydrogens (primary N) is 2. The van der Waals surface area contributed by atoms with Crippen LogP contribution in [0, 0.1) is 0 Å². The number of anilines is 1. The summed E-state index contributed by atoms with van der Waals surface area (Å²) in [6, 6.07) is 5.76. The predicted octanol–water partition coefficient (Wildman–Crippen LogP) is -1.12. The summed E-state index contributed by atoms with van der Waals surface area (Å²) in [7, 11) is 0. The number of hydrogen-bond donors (Lipinski definition) is 3. The van der Waals surface area contributed by atoms with Gasteiger partial charge in [0.15, 0.2) is 5.54 Å². The van der Waals surface area contributed by atoms with Crippen LogP contribution in [0.25, 0.3) is 0 Å². The number of hydrogen-bond acceptors (Lipinski definition) is 5. The molecule has 0 aliphatic carbocycles. The molecule has 134 valence electrons. The lowest BCUT2D eigenvalue weighted by molar-refractivity contribution is -0.128. The second-order valence-electron chi connectivity index (χ2n) is 6.18. The number of ether oxygens (including phenoxy) is 1. The van der Waals surface area contributed by atoms with Crippen LogP contribution in [-0.4, -0.2) is 60.3 Å². The van der Waals surface area contributed by atoms with E-state index in [4.69, 9.17) is 16.2 Å². The normalized spacial score (nSPS) is 26.8. The molecule has 9 heteroatoms. The van der Waals surface area contributed by atoms with Crippen LogP contribution in [0.3, 0.4) is 0 Å². The van der Waals surface area contributed by atoms with Gasteiger partial charge in [0, 0.05) is 25.2 Å². The third-order valence-electron chi connectivity index (χ3n) is 4.70. The topological polar surface area (TPSA) is 139 Å². The van der Waals surface area contributed by atoms with Crippen LogP contribution >= 0.6 is 0 Å². The van der Waals surface area contributed by atoms with E-state index in [1.165, 1.54) is 0 Å². The largest absolute Gasteiger partial charge is 0.391 e.